The van der Waals surface area contributed by atoms with Gasteiger partial charge in [-0.2, -0.15) is 0 Å². The van der Waals surface area contributed by atoms with Crippen molar-refractivity contribution in [3.05, 3.63) is 29.8 Å². The predicted molar refractivity (Wildman–Crippen MR) is 31.1 cm³/mol. The van der Waals surface area contributed by atoms with Gasteiger partial charge in [0.25, 0.3) is 0 Å². The van der Waals surface area contributed by atoms with Gasteiger partial charge in [-0.05, 0) is 17.5 Å². The molecule has 0 aliphatic rings. The zero-order chi connectivity index (χ0) is 8.43. The highest BCUT2D eigenvalue weighted by molar-refractivity contribution is 5.42. The summed E-state index contributed by atoms with van der Waals surface area (Å²) in [7, 11) is 0. The summed E-state index contributed by atoms with van der Waals surface area (Å²) in [4.78, 5) is 0. The van der Waals surface area contributed by atoms with Crippen LogP contribution in [0.15, 0.2) is 18.2 Å². The van der Waals surface area contributed by atoms with Crippen molar-refractivity contribution in [1.82, 2.24) is 0 Å². The van der Waals surface area contributed by atoms with Gasteiger partial charge in [0.2, 0.25) is 0 Å². The highest BCUT2D eigenvalue weighted by Crippen LogP contribution is 2.20. The summed E-state index contributed by atoms with van der Waals surface area (Å²) in [5.74, 6) is -2.16. The molecule has 0 aromatic heterocycles. The van der Waals surface area contributed by atoms with Crippen LogP contribution in [0.5, 0.6) is 0 Å². The first-order valence-corrected chi connectivity index (χ1v) is 2.68. The molecular weight excluding hydrogens is 162 g/mol. The Labute approximate surface area is 59.7 Å². The maximum Gasteiger partial charge on any atom is 0.155 e. The summed E-state index contributed by atoms with van der Waals surface area (Å²) in [6, 6.07) is 1.80. The fourth-order valence-electron chi connectivity index (χ4n) is 0.618. The smallest absolute Gasteiger partial charge is 0.155 e. The molecule has 0 aliphatic carbocycles. The summed E-state index contributed by atoms with van der Waals surface area (Å²) in [5, 5.41) is -1.41. The quantitative estimate of drug-likeness (QED) is 0.456. The van der Waals surface area contributed by atoms with Crippen molar-refractivity contribution in [2.45, 2.75) is 0 Å². The van der Waals surface area contributed by atoms with Crippen molar-refractivity contribution in [2.24, 2.45) is 0 Å². The Kier molecular flexibility index (Phi) is 1.98. The van der Waals surface area contributed by atoms with Crippen molar-refractivity contribution >= 4 is 5.69 Å². The minimum absolute atomic E-state index is 0.390. The van der Waals surface area contributed by atoms with E-state index in [9.17, 15) is 17.7 Å². The topological polar surface area (TPSA) is 3.24 Å². The molecule has 0 saturated carbocycles. The molecule has 1 rings (SSSR count). The zero-order valence-corrected chi connectivity index (χ0v) is 5.19. The van der Waals surface area contributed by atoms with Crippen molar-refractivity contribution in [2.75, 3.05) is 5.34 Å². The van der Waals surface area contributed by atoms with Gasteiger partial charge in [-0.15, -0.1) is 0 Å². The van der Waals surface area contributed by atoms with Crippen LogP contribution in [0.1, 0.15) is 0 Å². The molecule has 0 N–H and O–H groups in total. The van der Waals surface area contributed by atoms with Crippen molar-refractivity contribution in [3.8, 4) is 0 Å². The van der Waals surface area contributed by atoms with E-state index in [2.05, 4.69) is 0 Å². The summed E-state index contributed by atoms with van der Waals surface area (Å²) in [6.45, 7) is 0. The zero-order valence-electron chi connectivity index (χ0n) is 5.19. The van der Waals surface area contributed by atoms with Crippen molar-refractivity contribution < 1.29 is 17.7 Å². The summed E-state index contributed by atoms with van der Waals surface area (Å²) >= 11 is 0. The second-order valence-corrected chi connectivity index (χ2v) is 1.83. The molecule has 11 heavy (non-hydrogen) atoms. The molecule has 0 aliphatic heterocycles. The Morgan fingerprint density at radius 2 is 1.73 bits per heavy atom. The Hall–Kier alpha value is -1.26. The molecule has 0 unspecified atom stereocenters. The normalized spacial score (nSPS) is 9.82. The molecule has 0 fully saturated rings. The number of hydrogen-bond donors (Lipinski definition) is 0. The van der Waals surface area contributed by atoms with Gasteiger partial charge in [0.05, 0.1) is 0 Å². The second-order valence-electron chi connectivity index (χ2n) is 1.83. The first-order chi connectivity index (χ1) is 5.11. The lowest BCUT2D eigenvalue weighted by atomic mass is 10.3. The molecule has 5 heteroatoms. The Morgan fingerprint density at radius 3 is 2.18 bits per heavy atom. The van der Waals surface area contributed by atoms with Crippen molar-refractivity contribution in [1.29, 1.82) is 0 Å². The van der Waals surface area contributed by atoms with Crippen LogP contribution in [0.25, 0.3) is 0 Å². The number of hydrogen-bond acceptors (Lipinski definition) is 1. The highest BCUT2D eigenvalue weighted by atomic mass is 19.4. The van der Waals surface area contributed by atoms with Crippen LogP contribution in [-0.2, 0) is 0 Å². The maximum atomic E-state index is 12.3. The standard InChI is InChI=1S/C6H3F4N/c7-4-1-2-6(11(9)10)5(8)3-4/h1-3H. The lowest BCUT2D eigenvalue weighted by Gasteiger charge is -2.01. The van der Waals surface area contributed by atoms with E-state index in [0.29, 0.717) is 12.1 Å². The van der Waals surface area contributed by atoms with Crippen LogP contribution in [0.2, 0.25) is 0 Å². The lowest BCUT2D eigenvalue weighted by Crippen LogP contribution is -1.98. The number of halogens is 4. The van der Waals surface area contributed by atoms with Gasteiger partial charge in [-0.3, -0.25) is 0 Å². The SMILES string of the molecule is Fc1ccc(N(F)F)c(F)c1. The van der Waals surface area contributed by atoms with E-state index in [-0.39, 0.29) is 0 Å². The largest absolute Gasteiger partial charge is 0.207 e. The van der Waals surface area contributed by atoms with Crippen molar-refractivity contribution in [3.63, 3.8) is 0 Å². The molecule has 0 saturated heterocycles. The average Bonchev–Trinajstić information content (AvgIpc) is 1.85. The molecule has 1 aromatic carbocycles. The summed E-state index contributed by atoms with van der Waals surface area (Å²) < 4.78 is 47.7. The second kappa shape index (κ2) is 2.77. The first-order valence-electron chi connectivity index (χ1n) is 2.68. The maximum absolute atomic E-state index is 12.3. The van der Waals surface area contributed by atoms with E-state index >= 15 is 0 Å². The Morgan fingerprint density at radius 1 is 1.09 bits per heavy atom. The van der Waals surface area contributed by atoms with E-state index in [1.165, 1.54) is 0 Å². The van der Waals surface area contributed by atoms with E-state index in [1.807, 2.05) is 0 Å². The number of benzene rings is 1. The first kappa shape index (κ1) is 7.84. The molecule has 0 atom stereocenters. The molecule has 0 bridgehead atoms. The number of nitrogens with zero attached hydrogens (tertiary/aromatic N) is 1. The third-order valence-electron chi connectivity index (χ3n) is 1.09. The van der Waals surface area contributed by atoms with E-state index in [1.54, 1.807) is 0 Å². The van der Waals surface area contributed by atoms with Gasteiger partial charge < -0.3 is 0 Å². The Bertz CT molecular complexity index is 261. The molecule has 0 amide bonds. The minimum Gasteiger partial charge on any atom is -0.207 e. The molecule has 1 nitrogen and oxygen atoms in total. The van der Waals surface area contributed by atoms with Gasteiger partial charge >= 0.3 is 0 Å². The van der Waals surface area contributed by atoms with Gasteiger partial charge in [-0.1, -0.05) is 8.96 Å². The van der Waals surface area contributed by atoms with Crippen LogP contribution in [0, 0.1) is 11.6 Å². The summed E-state index contributed by atoms with van der Waals surface area (Å²) in [5.41, 5.74) is -0.939. The number of rotatable bonds is 1. The molecule has 0 radical (unpaired) electrons. The van der Waals surface area contributed by atoms with E-state index in [0.717, 1.165) is 6.07 Å². The third kappa shape index (κ3) is 1.60. The van der Waals surface area contributed by atoms with Gasteiger partial charge in [-0.25, -0.2) is 8.78 Å². The van der Waals surface area contributed by atoms with E-state index in [4.69, 9.17) is 0 Å². The van der Waals surface area contributed by atoms with Crippen LogP contribution in [0.3, 0.4) is 0 Å². The average molecular weight is 165 g/mol. The minimum atomic E-state index is -1.41. The van der Waals surface area contributed by atoms with Crippen LogP contribution in [0.4, 0.5) is 23.4 Å². The van der Waals surface area contributed by atoms with E-state index < -0.39 is 22.7 Å². The molecule has 1 aromatic rings. The molecule has 0 spiro atoms. The van der Waals surface area contributed by atoms with Gasteiger partial charge in [0.15, 0.2) is 5.82 Å². The van der Waals surface area contributed by atoms with Crippen LogP contribution in [-0.4, -0.2) is 0 Å². The van der Waals surface area contributed by atoms with Gasteiger partial charge in [0, 0.05) is 6.07 Å². The summed E-state index contributed by atoms with van der Waals surface area (Å²) in [6.07, 6.45) is 0. The highest BCUT2D eigenvalue weighted by Gasteiger charge is 2.10. The molecular formula is C6H3F4N. The lowest BCUT2D eigenvalue weighted by molar-refractivity contribution is 0.231. The van der Waals surface area contributed by atoms with Crippen LogP contribution >= 0.6 is 0 Å². The molecule has 60 valence electrons. The predicted octanol–water partition coefficient (Wildman–Crippen LogP) is 2.54. The monoisotopic (exact) mass is 165 g/mol. The van der Waals surface area contributed by atoms with Gasteiger partial charge in [0.1, 0.15) is 11.5 Å². The third-order valence-corrected chi connectivity index (χ3v) is 1.09. The van der Waals surface area contributed by atoms with Crippen LogP contribution < -0.4 is 5.34 Å². The Balaban J connectivity index is 3.09. The number of anilines is 1. The fourth-order valence-corrected chi connectivity index (χ4v) is 0.618. The fraction of sp³-hybridized carbons (Fsp3) is 0. The molecule has 0 heterocycles.